The number of aromatic nitrogens is 3. The highest BCUT2D eigenvalue weighted by Gasteiger charge is 2.24. The first kappa shape index (κ1) is 15.8. The molecule has 0 spiro atoms. The first-order chi connectivity index (χ1) is 11.0. The molecule has 0 amide bonds. The summed E-state index contributed by atoms with van der Waals surface area (Å²) in [7, 11) is 4.14. The summed E-state index contributed by atoms with van der Waals surface area (Å²) in [5.74, 6) is 0.577. The predicted molar refractivity (Wildman–Crippen MR) is 95.9 cm³/mol. The van der Waals surface area contributed by atoms with Crippen LogP contribution in [0.25, 0.3) is 10.9 Å². The SMILES string of the molecule is Cc1c(C(CN)c2cc(C(C)C)nn2C)c2ccccc2n1C. The Morgan fingerprint density at radius 2 is 1.87 bits per heavy atom. The minimum atomic E-state index is 0.158. The molecule has 0 fully saturated rings. The maximum absolute atomic E-state index is 6.21. The Bertz CT molecular complexity index is 839. The molecule has 4 heteroatoms. The van der Waals surface area contributed by atoms with Gasteiger partial charge in [0.15, 0.2) is 0 Å². The molecule has 3 rings (SSSR count). The fourth-order valence-electron chi connectivity index (χ4n) is 3.49. The molecule has 0 radical (unpaired) electrons. The van der Waals surface area contributed by atoms with Gasteiger partial charge in [-0.05, 0) is 30.5 Å². The van der Waals surface area contributed by atoms with Crippen LogP contribution in [0.4, 0.5) is 0 Å². The van der Waals surface area contributed by atoms with Crippen molar-refractivity contribution in [2.75, 3.05) is 6.54 Å². The maximum atomic E-state index is 6.21. The zero-order valence-corrected chi connectivity index (χ0v) is 14.7. The highest BCUT2D eigenvalue weighted by molar-refractivity contribution is 5.86. The van der Waals surface area contributed by atoms with Gasteiger partial charge >= 0.3 is 0 Å². The Hall–Kier alpha value is -2.07. The lowest BCUT2D eigenvalue weighted by atomic mass is 9.92. The van der Waals surface area contributed by atoms with Gasteiger partial charge in [-0.3, -0.25) is 4.68 Å². The summed E-state index contributed by atoms with van der Waals surface area (Å²) in [6.45, 7) is 7.10. The highest BCUT2D eigenvalue weighted by Crippen LogP contribution is 2.35. The molecular weight excluding hydrogens is 284 g/mol. The van der Waals surface area contributed by atoms with E-state index in [0.29, 0.717) is 12.5 Å². The van der Waals surface area contributed by atoms with Crippen molar-refractivity contribution < 1.29 is 0 Å². The van der Waals surface area contributed by atoms with E-state index in [0.717, 1.165) is 5.69 Å². The van der Waals surface area contributed by atoms with Gasteiger partial charge in [-0.15, -0.1) is 0 Å². The number of hydrogen-bond acceptors (Lipinski definition) is 2. The van der Waals surface area contributed by atoms with E-state index in [1.54, 1.807) is 0 Å². The molecule has 0 saturated carbocycles. The molecule has 2 N–H and O–H groups in total. The molecule has 1 unspecified atom stereocenters. The second-order valence-electron chi connectivity index (χ2n) is 6.64. The Kier molecular flexibility index (Phi) is 4.02. The molecule has 122 valence electrons. The van der Waals surface area contributed by atoms with Crippen molar-refractivity contribution in [3.05, 3.63) is 53.0 Å². The van der Waals surface area contributed by atoms with Crippen molar-refractivity contribution in [2.45, 2.75) is 32.6 Å². The van der Waals surface area contributed by atoms with E-state index >= 15 is 0 Å². The second-order valence-corrected chi connectivity index (χ2v) is 6.64. The molecule has 1 atom stereocenters. The van der Waals surface area contributed by atoms with E-state index in [1.165, 1.54) is 27.9 Å². The largest absolute Gasteiger partial charge is 0.348 e. The molecule has 0 aliphatic rings. The predicted octanol–water partition coefficient (Wildman–Crippen LogP) is 3.43. The van der Waals surface area contributed by atoms with Crippen LogP contribution in [0.1, 0.15) is 48.3 Å². The molecule has 2 heterocycles. The minimum absolute atomic E-state index is 0.158. The van der Waals surface area contributed by atoms with Crippen molar-refractivity contribution in [1.82, 2.24) is 14.3 Å². The van der Waals surface area contributed by atoms with E-state index in [-0.39, 0.29) is 5.92 Å². The van der Waals surface area contributed by atoms with E-state index < -0.39 is 0 Å². The summed E-state index contributed by atoms with van der Waals surface area (Å²) < 4.78 is 4.25. The van der Waals surface area contributed by atoms with Crippen molar-refractivity contribution in [3.8, 4) is 0 Å². The smallest absolute Gasteiger partial charge is 0.0653 e. The average molecular weight is 310 g/mol. The molecule has 0 aliphatic carbocycles. The molecule has 3 aromatic rings. The number of nitrogens with two attached hydrogens (primary N) is 1. The third-order valence-corrected chi connectivity index (χ3v) is 4.92. The summed E-state index contributed by atoms with van der Waals surface area (Å²) >= 11 is 0. The van der Waals surface area contributed by atoms with Gasteiger partial charge in [0.2, 0.25) is 0 Å². The van der Waals surface area contributed by atoms with Gasteiger partial charge in [-0.2, -0.15) is 5.10 Å². The monoisotopic (exact) mass is 310 g/mol. The zero-order chi connectivity index (χ0) is 16.7. The highest BCUT2D eigenvalue weighted by atomic mass is 15.3. The molecule has 0 saturated heterocycles. The summed E-state index contributed by atoms with van der Waals surface area (Å²) in [5.41, 5.74) is 12.4. The lowest BCUT2D eigenvalue weighted by molar-refractivity contribution is 0.648. The van der Waals surface area contributed by atoms with Crippen LogP contribution in [0, 0.1) is 6.92 Å². The van der Waals surface area contributed by atoms with E-state index in [2.05, 4.69) is 67.8 Å². The second kappa shape index (κ2) is 5.85. The quantitative estimate of drug-likeness (QED) is 0.802. The van der Waals surface area contributed by atoms with Gasteiger partial charge in [-0.1, -0.05) is 32.0 Å². The van der Waals surface area contributed by atoms with E-state index in [4.69, 9.17) is 5.73 Å². The van der Waals surface area contributed by atoms with Crippen LogP contribution in [-0.4, -0.2) is 20.9 Å². The molecule has 2 aromatic heterocycles. The number of nitrogens with zero attached hydrogens (tertiary/aromatic N) is 3. The Labute approximate surface area is 137 Å². The third kappa shape index (κ3) is 2.47. The van der Waals surface area contributed by atoms with Crippen LogP contribution < -0.4 is 5.73 Å². The summed E-state index contributed by atoms with van der Waals surface area (Å²) in [6.07, 6.45) is 0. The maximum Gasteiger partial charge on any atom is 0.0653 e. The van der Waals surface area contributed by atoms with Crippen LogP contribution >= 0.6 is 0 Å². The number of aryl methyl sites for hydroxylation is 2. The number of para-hydroxylation sites is 1. The molecule has 4 nitrogen and oxygen atoms in total. The standard InChI is InChI=1S/C19H26N4/c1-12(2)16-10-18(23(5)21-16)15(11-20)19-13(3)22(4)17-9-7-6-8-14(17)19/h6-10,12,15H,11,20H2,1-5H3. The lowest BCUT2D eigenvalue weighted by Crippen LogP contribution is -2.18. The molecule has 23 heavy (non-hydrogen) atoms. The summed E-state index contributed by atoms with van der Waals surface area (Å²) in [4.78, 5) is 0. The van der Waals surface area contributed by atoms with Gasteiger partial charge in [0.05, 0.1) is 5.69 Å². The Morgan fingerprint density at radius 1 is 1.17 bits per heavy atom. The van der Waals surface area contributed by atoms with Crippen molar-refractivity contribution >= 4 is 10.9 Å². The molecular formula is C19H26N4. The van der Waals surface area contributed by atoms with Gasteiger partial charge in [-0.25, -0.2) is 0 Å². The van der Waals surface area contributed by atoms with Crippen LogP contribution in [0.15, 0.2) is 30.3 Å². The van der Waals surface area contributed by atoms with Gasteiger partial charge in [0.1, 0.15) is 0 Å². The fourth-order valence-corrected chi connectivity index (χ4v) is 3.49. The fraction of sp³-hybridized carbons (Fsp3) is 0.421. The normalized spacial score (nSPS) is 13.2. The topological polar surface area (TPSA) is 48.8 Å². The lowest BCUT2D eigenvalue weighted by Gasteiger charge is -2.16. The minimum Gasteiger partial charge on any atom is -0.348 e. The van der Waals surface area contributed by atoms with Gasteiger partial charge < -0.3 is 10.3 Å². The number of fused-ring (bicyclic) bond motifs is 1. The van der Waals surface area contributed by atoms with Gasteiger partial charge in [0.25, 0.3) is 0 Å². The van der Waals surface area contributed by atoms with Crippen LogP contribution in [-0.2, 0) is 14.1 Å². The Morgan fingerprint density at radius 3 is 2.48 bits per heavy atom. The van der Waals surface area contributed by atoms with Gasteiger partial charge in [0, 0.05) is 48.8 Å². The number of rotatable bonds is 4. The summed E-state index contributed by atoms with van der Waals surface area (Å²) in [5, 5.41) is 5.96. The van der Waals surface area contributed by atoms with E-state index in [9.17, 15) is 0 Å². The summed E-state index contributed by atoms with van der Waals surface area (Å²) in [6, 6.07) is 10.8. The van der Waals surface area contributed by atoms with Crippen LogP contribution in [0.2, 0.25) is 0 Å². The molecule has 0 bridgehead atoms. The van der Waals surface area contributed by atoms with Crippen molar-refractivity contribution in [3.63, 3.8) is 0 Å². The zero-order valence-electron chi connectivity index (χ0n) is 14.7. The van der Waals surface area contributed by atoms with Crippen molar-refractivity contribution in [2.24, 2.45) is 19.8 Å². The average Bonchev–Trinajstić information content (AvgIpc) is 3.03. The first-order valence-electron chi connectivity index (χ1n) is 8.23. The number of hydrogen-bond donors (Lipinski definition) is 1. The van der Waals surface area contributed by atoms with Crippen LogP contribution in [0.5, 0.6) is 0 Å². The van der Waals surface area contributed by atoms with Crippen molar-refractivity contribution in [1.29, 1.82) is 0 Å². The third-order valence-electron chi connectivity index (χ3n) is 4.92. The molecule has 1 aromatic carbocycles. The Balaban J connectivity index is 2.21. The van der Waals surface area contributed by atoms with E-state index in [1.807, 2.05) is 11.7 Å². The number of benzene rings is 1. The first-order valence-corrected chi connectivity index (χ1v) is 8.23. The van der Waals surface area contributed by atoms with Crippen LogP contribution in [0.3, 0.4) is 0 Å². The molecule has 0 aliphatic heterocycles.